The number of benzene rings is 2. The van der Waals surface area contributed by atoms with Crippen LogP contribution in [-0.4, -0.2) is 21.8 Å². The van der Waals surface area contributed by atoms with Gasteiger partial charge in [0.05, 0.1) is 27.2 Å². The molecule has 8 heteroatoms. The molecule has 0 aliphatic carbocycles. The first-order valence-corrected chi connectivity index (χ1v) is 9.86. The van der Waals surface area contributed by atoms with Crippen LogP contribution in [0.3, 0.4) is 0 Å². The maximum absolute atomic E-state index is 13.5. The quantitative estimate of drug-likeness (QED) is 0.607. The minimum atomic E-state index is -1.00. The highest BCUT2D eigenvalue weighted by Crippen LogP contribution is 2.42. The zero-order valence-corrected chi connectivity index (χ0v) is 16.8. The highest BCUT2D eigenvalue weighted by Gasteiger charge is 2.45. The number of halogens is 2. The molecule has 1 atom stereocenters. The summed E-state index contributed by atoms with van der Waals surface area (Å²) in [7, 11) is 0. The van der Waals surface area contributed by atoms with Gasteiger partial charge in [0.1, 0.15) is 11.6 Å². The second kappa shape index (κ2) is 7.46. The Balaban J connectivity index is 1.89. The fourth-order valence-corrected chi connectivity index (χ4v) is 4.40. The van der Waals surface area contributed by atoms with Crippen LogP contribution in [0.25, 0.3) is 0 Å². The molecule has 1 aromatic heterocycles. The molecule has 1 amide bonds. The summed E-state index contributed by atoms with van der Waals surface area (Å²) in [6.07, 6.45) is 0. The summed E-state index contributed by atoms with van der Waals surface area (Å²) in [6.45, 7) is 3.43. The second-order valence-electron chi connectivity index (χ2n) is 6.84. The molecule has 1 unspecified atom stereocenters. The van der Waals surface area contributed by atoms with Gasteiger partial charge < -0.3 is 5.11 Å². The van der Waals surface area contributed by atoms with Gasteiger partial charge in [0, 0.05) is 5.69 Å². The Morgan fingerprint density at radius 2 is 1.60 bits per heavy atom. The number of Topliss-reactive ketones (excluding diaryl/α,β-unsaturated/α-hetero) is 1. The molecular formula is C22H16F2N2O3S. The van der Waals surface area contributed by atoms with Gasteiger partial charge in [0.25, 0.3) is 5.91 Å². The fourth-order valence-electron chi connectivity index (χ4n) is 3.53. The number of ketones is 1. The van der Waals surface area contributed by atoms with Crippen molar-refractivity contribution in [1.82, 2.24) is 4.98 Å². The summed E-state index contributed by atoms with van der Waals surface area (Å²) in [5, 5.41) is 11.3. The Labute approximate surface area is 174 Å². The van der Waals surface area contributed by atoms with Gasteiger partial charge in [-0.2, -0.15) is 0 Å². The average molecular weight is 426 g/mol. The Kier molecular flexibility index (Phi) is 4.95. The largest absolute Gasteiger partial charge is 0.503 e. The number of thiazole rings is 1. The van der Waals surface area contributed by atoms with Crippen molar-refractivity contribution < 1.29 is 23.5 Å². The molecule has 1 N–H and O–H groups in total. The monoisotopic (exact) mass is 426 g/mol. The number of amides is 1. The summed E-state index contributed by atoms with van der Waals surface area (Å²) in [5.41, 5.74) is 1.10. The van der Waals surface area contributed by atoms with Crippen LogP contribution in [0.2, 0.25) is 0 Å². The van der Waals surface area contributed by atoms with E-state index in [1.54, 1.807) is 13.8 Å². The molecule has 1 aliphatic rings. The molecule has 3 aromatic rings. The summed E-state index contributed by atoms with van der Waals surface area (Å²) in [4.78, 5) is 32.1. The van der Waals surface area contributed by atoms with Crippen molar-refractivity contribution in [3.05, 3.63) is 92.6 Å². The number of aliphatic hydroxyl groups is 1. The summed E-state index contributed by atoms with van der Waals surface area (Å²) in [5.74, 6) is -2.98. The van der Waals surface area contributed by atoms with Crippen LogP contribution in [-0.2, 0) is 4.79 Å². The van der Waals surface area contributed by atoms with Crippen molar-refractivity contribution in [2.75, 3.05) is 4.90 Å². The molecule has 0 saturated heterocycles. The highest BCUT2D eigenvalue weighted by molar-refractivity contribution is 7.14. The van der Waals surface area contributed by atoms with Crippen molar-refractivity contribution in [3.63, 3.8) is 0 Å². The average Bonchev–Trinajstić information content (AvgIpc) is 3.19. The lowest BCUT2D eigenvalue weighted by Gasteiger charge is -2.27. The van der Waals surface area contributed by atoms with Gasteiger partial charge >= 0.3 is 0 Å². The number of nitrogens with zero attached hydrogens (tertiary/aromatic N) is 2. The Bertz CT molecular complexity index is 1180. The van der Waals surface area contributed by atoms with Crippen molar-refractivity contribution in [3.8, 4) is 0 Å². The molecule has 2 aromatic carbocycles. The molecule has 30 heavy (non-hydrogen) atoms. The normalized spacial score (nSPS) is 16.5. The number of aryl methyl sites for hydroxylation is 2. The lowest BCUT2D eigenvalue weighted by atomic mass is 9.95. The van der Waals surface area contributed by atoms with E-state index in [9.17, 15) is 23.5 Å². The van der Waals surface area contributed by atoms with Gasteiger partial charge in [-0.25, -0.2) is 13.8 Å². The van der Waals surface area contributed by atoms with Gasteiger partial charge in [-0.3, -0.25) is 14.5 Å². The molecule has 152 valence electrons. The minimum absolute atomic E-state index is 0.123. The lowest BCUT2D eigenvalue weighted by Crippen LogP contribution is -2.31. The molecule has 0 spiro atoms. The van der Waals surface area contributed by atoms with Crippen LogP contribution < -0.4 is 4.90 Å². The van der Waals surface area contributed by atoms with Crippen molar-refractivity contribution in [2.45, 2.75) is 19.9 Å². The first-order chi connectivity index (χ1) is 14.3. The number of rotatable bonds is 4. The van der Waals surface area contributed by atoms with E-state index in [0.717, 1.165) is 0 Å². The van der Waals surface area contributed by atoms with Crippen molar-refractivity contribution >= 4 is 28.7 Å². The van der Waals surface area contributed by atoms with E-state index in [4.69, 9.17) is 0 Å². The van der Waals surface area contributed by atoms with E-state index in [1.807, 2.05) is 0 Å². The third-order valence-corrected chi connectivity index (χ3v) is 5.92. The molecule has 0 fully saturated rings. The topological polar surface area (TPSA) is 70.5 Å². The zero-order valence-electron chi connectivity index (χ0n) is 16.0. The molecule has 0 bridgehead atoms. The smallest absolute Gasteiger partial charge is 0.294 e. The van der Waals surface area contributed by atoms with Crippen molar-refractivity contribution in [1.29, 1.82) is 0 Å². The van der Waals surface area contributed by atoms with E-state index >= 15 is 0 Å². The first kappa shape index (κ1) is 19.9. The van der Waals surface area contributed by atoms with E-state index in [-0.39, 0.29) is 5.57 Å². The molecule has 5 nitrogen and oxygen atoms in total. The van der Waals surface area contributed by atoms with E-state index < -0.39 is 35.1 Å². The number of aliphatic hydroxyl groups excluding tert-OH is 1. The summed E-state index contributed by atoms with van der Waals surface area (Å²) >= 11 is 1.17. The third-order valence-electron chi connectivity index (χ3n) is 4.85. The van der Waals surface area contributed by atoms with Crippen LogP contribution in [0.15, 0.2) is 59.9 Å². The number of hydrogen-bond donors (Lipinski definition) is 1. The first-order valence-electron chi connectivity index (χ1n) is 9.04. The predicted octanol–water partition coefficient (Wildman–Crippen LogP) is 4.82. The van der Waals surface area contributed by atoms with Crippen LogP contribution in [0, 0.1) is 25.5 Å². The summed E-state index contributed by atoms with van der Waals surface area (Å²) in [6, 6.07) is 9.43. The highest BCUT2D eigenvalue weighted by atomic mass is 32.1. The van der Waals surface area contributed by atoms with Gasteiger partial charge in [0.15, 0.2) is 5.76 Å². The SMILES string of the molecule is Cc1nc(C)c(C(=O)C2=C(O)C(=O)N(c3ccc(F)cc3)C2c2ccc(F)cc2)s1. The van der Waals surface area contributed by atoms with Crippen molar-refractivity contribution in [2.24, 2.45) is 0 Å². The standard InChI is InChI=1S/C22H16F2N2O3S/c1-11-21(30-12(2)25-11)19(27)17-18(13-3-5-14(23)6-4-13)26(22(29)20(17)28)16-9-7-15(24)8-10-16/h3-10,18,28H,1-2H3. The maximum Gasteiger partial charge on any atom is 0.294 e. The van der Waals surface area contributed by atoms with Crippen LogP contribution >= 0.6 is 11.3 Å². The molecule has 4 rings (SSSR count). The van der Waals surface area contributed by atoms with Crippen LogP contribution in [0.5, 0.6) is 0 Å². The molecular weight excluding hydrogens is 410 g/mol. The molecule has 0 saturated carbocycles. The van der Waals surface area contributed by atoms with E-state index in [1.165, 1.54) is 64.8 Å². The maximum atomic E-state index is 13.5. The van der Waals surface area contributed by atoms with Gasteiger partial charge in [-0.15, -0.1) is 11.3 Å². The fraction of sp³-hybridized carbons (Fsp3) is 0.136. The van der Waals surface area contributed by atoms with Gasteiger partial charge in [0.2, 0.25) is 5.78 Å². The Hall–Kier alpha value is -3.39. The second-order valence-corrected chi connectivity index (χ2v) is 8.05. The lowest BCUT2D eigenvalue weighted by molar-refractivity contribution is -0.117. The Morgan fingerprint density at radius 1 is 1.03 bits per heavy atom. The molecule has 1 aliphatic heterocycles. The van der Waals surface area contributed by atoms with Gasteiger partial charge in [-0.05, 0) is 55.8 Å². The van der Waals surface area contributed by atoms with E-state index in [0.29, 0.717) is 26.8 Å². The number of carbonyl (C=O) groups is 2. The summed E-state index contributed by atoms with van der Waals surface area (Å²) < 4.78 is 26.9. The Morgan fingerprint density at radius 3 is 2.13 bits per heavy atom. The molecule has 0 radical (unpaired) electrons. The molecule has 2 heterocycles. The van der Waals surface area contributed by atoms with E-state index in [2.05, 4.69) is 4.98 Å². The van der Waals surface area contributed by atoms with Gasteiger partial charge in [-0.1, -0.05) is 12.1 Å². The van der Waals surface area contributed by atoms with Crippen LogP contribution in [0.1, 0.15) is 32.0 Å². The van der Waals surface area contributed by atoms with Crippen LogP contribution in [0.4, 0.5) is 14.5 Å². The third kappa shape index (κ3) is 3.29. The number of hydrogen-bond acceptors (Lipinski definition) is 5. The predicted molar refractivity (Wildman–Crippen MR) is 109 cm³/mol. The number of aromatic nitrogens is 1. The number of anilines is 1. The number of carbonyl (C=O) groups excluding carboxylic acids is 2. The zero-order chi connectivity index (χ0) is 21.6. The minimum Gasteiger partial charge on any atom is -0.503 e.